The van der Waals surface area contributed by atoms with E-state index in [1.165, 1.54) is 0 Å². The Balaban J connectivity index is 0.000000125. The van der Waals surface area contributed by atoms with Crippen LogP contribution < -0.4 is 11.5 Å². The summed E-state index contributed by atoms with van der Waals surface area (Å²) < 4.78 is 12.3. The summed E-state index contributed by atoms with van der Waals surface area (Å²) in [5.41, 5.74) is 16.6. The van der Waals surface area contributed by atoms with Crippen molar-refractivity contribution < 1.29 is 8.83 Å². The first kappa shape index (κ1) is 17.6. The van der Waals surface area contributed by atoms with E-state index in [1.54, 1.807) is 0 Å². The van der Waals surface area contributed by atoms with Crippen LogP contribution in [0.1, 0.15) is 0 Å². The van der Waals surface area contributed by atoms with Crippen molar-refractivity contribution in [3.63, 3.8) is 0 Å². The molecule has 142 valence electrons. The van der Waals surface area contributed by atoms with Gasteiger partial charge in [0.25, 0.3) is 0 Å². The van der Waals surface area contributed by atoms with E-state index in [2.05, 4.69) is 15.9 Å². The Kier molecular flexibility index (Phi) is 4.18. The van der Waals surface area contributed by atoms with Gasteiger partial charge in [-0.1, -0.05) is 36.4 Å². The molecular formula is C24H17BrN2O2. The normalized spacial score (nSPS) is 11.2. The van der Waals surface area contributed by atoms with Crippen molar-refractivity contribution in [2.24, 2.45) is 0 Å². The molecule has 4 nitrogen and oxygen atoms in total. The monoisotopic (exact) mass is 444 g/mol. The standard InChI is InChI=1S/C12H8BrNO.C12H9NO/c13-12-8(14)5-6-10-11(12)7-3-1-2-4-9(7)15-10;13-8-5-6-12-10(7-8)9-3-1-2-4-11(9)14-12/h1-6H,14H2;1-7H,13H2. The first-order chi connectivity index (χ1) is 14.1. The molecule has 6 aromatic rings. The van der Waals surface area contributed by atoms with Gasteiger partial charge in [0.15, 0.2) is 0 Å². The summed E-state index contributed by atoms with van der Waals surface area (Å²) >= 11 is 3.50. The highest BCUT2D eigenvalue weighted by Crippen LogP contribution is 2.37. The average Bonchev–Trinajstić information content (AvgIpc) is 3.29. The third-order valence-electron chi connectivity index (χ3n) is 4.91. The maximum atomic E-state index is 5.85. The number of anilines is 2. The molecule has 0 amide bonds. The Hall–Kier alpha value is -3.44. The van der Waals surface area contributed by atoms with Gasteiger partial charge < -0.3 is 20.3 Å². The van der Waals surface area contributed by atoms with E-state index in [1.807, 2.05) is 78.9 Å². The molecule has 0 radical (unpaired) electrons. The van der Waals surface area contributed by atoms with Crippen LogP contribution in [0, 0.1) is 0 Å². The fourth-order valence-electron chi connectivity index (χ4n) is 3.53. The summed E-state index contributed by atoms with van der Waals surface area (Å²) in [6.45, 7) is 0. The van der Waals surface area contributed by atoms with Crippen LogP contribution in [0.25, 0.3) is 43.9 Å². The van der Waals surface area contributed by atoms with E-state index in [0.717, 1.165) is 59.7 Å². The molecule has 0 spiro atoms. The number of fused-ring (bicyclic) bond motifs is 6. The number of hydrogen-bond donors (Lipinski definition) is 2. The molecule has 2 aromatic heterocycles. The number of benzene rings is 4. The second-order valence-corrected chi connectivity index (χ2v) is 7.59. The van der Waals surface area contributed by atoms with Crippen molar-refractivity contribution in [1.29, 1.82) is 0 Å². The van der Waals surface area contributed by atoms with Gasteiger partial charge in [0.05, 0.1) is 4.47 Å². The van der Waals surface area contributed by atoms with Crippen molar-refractivity contribution in [3.05, 3.63) is 83.3 Å². The number of rotatable bonds is 0. The number of hydrogen-bond acceptors (Lipinski definition) is 4. The number of nitrogen functional groups attached to an aromatic ring is 2. The molecule has 0 unspecified atom stereocenters. The molecule has 0 atom stereocenters. The SMILES string of the molecule is Nc1ccc2oc3ccccc3c2c1.Nc1ccc2oc3ccccc3c2c1Br. The second-order valence-electron chi connectivity index (χ2n) is 6.79. The molecule has 0 aliphatic heterocycles. The first-order valence-corrected chi connectivity index (χ1v) is 9.93. The number of halogens is 1. The van der Waals surface area contributed by atoms with Crippen molar-refractivity contribution in [3.8, 4) is 0 Å². The third kappa shape index (κ3) is 3.00. The van der Waals surface area contributed by atoms with Gasteiger partial charge in [-0.25, -0.2) is 0 Å². The predicted molar refractivity (Wildman–Crippen MR) is 124 cm³/mol. The molecule has 0 fully saturated rings. The van der Waals surface area contributed by atoms with Gasteiger partial charge in [0.1, 0.15) is 22.3 Å². The summed E-state index contributed by atoms with van der Waals surface area (Å²) in [4.78, 5) is 0. The summed E-state index contributed by atoms with van der Waals surface area (Å²) in [5, 5.41) is 4.34. The smallest absolute Gasteiger partial charge is 0.136 e. The molecule has 0 saturated heterocycles. The van der Waals surface area contributed by atoms with Gasteiger partial charge in [-0.2, -0.15) is 0 Å². The van der Waals surface area contributed by atoms with Crippen LogP contribution in [0.5, 0.6) is 0 Å². The lowest BCUT2D eigenvalue weighted by atomic mass is 10.1. The molecule has 6 rings (SSSR count). The molecule has 0 aliphatic rings. The Labute approximate surface area is 174 Å². The molecule has 4 aromatic carbocycles. The van der Waals surface area contributed by atoms with Crippen LogP contribution in [-0.2, 0) is 0 Å². The van der Waals surface area contributed by atoms with E-state index in [4.69, 9.17) is 20.3 Å². The zero-order valence-corrected chi connectivity index (χ0v) is 16.9. The zero-order chi connectivity index (χ0) is 20.0. The van der Waals surface area contributed by atoms with Crippen LogP contribution in [-0.4, -0.2) is 0 Å². The van der Waals surface area contributed by atoms with Gasteiger partial charge in [0.2, 0.25) is 0 Å². The Morgan fingerprint density at radius 3 is 1.97 bits per heavy atom. The number of furan rings is 2. The molecular weight excluding hydrogens is 428 g/mol. The molecule has 0 bridgehead atoms. The molecule has 29 heavy (non-hydrogen) atoms. The highest BCUT2D eigenvalue weighted by atomic mass is 79.9. The lowest BCUT2D eigenvalue weighted by Gasteiger charge is -1.98. The zero-order valence-electron chi connectivity index (χ0n) is 15.4. The van der Waals surface area contributed by atoms with E-state index in [9.17, 15) is 0 Å². The minimum absolute atomic E-state index is 0.731. The molecule has 0 saturated carbocycles. The fourth-order valence-corrected chi connectivity index (χ4v) is 4.08. The Morgan fingerprint density at radius 2 is 1.17 bits per heavy atom. The lowest BCUT2D eigenvalue weighted by Crippen LogP contribution is -1.85. The Bertz CT molecular complexity index is 1500. The van der Waals surface area contributed by atoms with Gasteiger partial charge in [-0.15, -0.1) is 0 Å². The van der Waals surface area contributed by atoms with Gasteiger partial charge >= 0.3 is 0 Å². The minimum Gasteiger partial charge on any atom is -0.456 e. The molecule has 4 N–H and O–H groups in total. The summed E-state index contributed by atoms with van der Waals surface area (Å²) in [7, 11) is 0. The van der Waals surface area contributed by atoms with Crippen molar-refractivity contribution in [2.45, 2.75) is 0 Å². The van der Waals surface area contributed by atoms with Crippen LogP contribution >= 0.6 is 15.9 Å². The summed E-state index contributed by atoms with van der Waals surface area (Å²) in [5.74, 6) is 0. The van der Waals surface area contributed by atoms with Crippen LogP contribution in [0.2, 0.25) is 0 Å². The molecule has 5 heteroatoms. The van der Waals surface area contributed by atoms with Crippen LogP contribution in [0.3, 0.4) is 0 Å². The van der Waals surface area contributed by atoms with E-state index in [0.29, 0.717) is 0 Å². The van der Waals surface area contributed by atoms with E-state index >= 15 is 0 Å². The average molecular weight is 445 g/mol. The van der Waals surface area contributed by atoms with E-state index < -0.39 is 0 Å². The molecule has 2 heterocycles. The largest absolute Gasteiger partial charge is 0.456 e. The quantitative estimate of drug-likeness (QED) is 0.245. The van der Waals surface area contributed by atoms with Crippen molar-refractivity contribution >= 4 is 71.2 Å². The summed E-state index contributed by atoms with van der Waals surface area (Å²) in [6, 6.07) is 25.4. The van der Waals surface area contributed by atoms with Crippen LogP contribution in [0.4, 0.5) is 11.4 Å². The minimum atomic E-state index is 0.731. The maximum absolute atomic E-state index is 5.85. The number of nitrogens with two attached hydrogens (primary N) is 2. The highest BCUT2D eigenvalue weighted by Gasteiger charge is 2.10. The number of para-hydroxylation sites is 2. The van der Waals surface area contributed by atoms with Gasteiger partial charge in [0, 0.05) is 32.9 Å². The highest BCUT2D eigenvalue weighted by molar-refractivity contribution is 9.10. The first-order valence-electron chi connectivity index (χ1n) is 9.14. The maximum Gasteiger partial charge on any atom is 0.136 e. The predicted octanol–water partition coefficient (Wildman–Crippen LogP) is 7.10. The topological polar surface area (TPSA) is 78.3 Å². The van der Waals surface area contributed by atoms with Crippen LogP contribution in [0.15, 0.2) is 92.2 Å². The molecule has 0 aliphatic carbocycles. The second kappa shape index (κ2) is 6.87. The lowest BCUT2D eigenvalue weighted by molar-refractivity contribution is 0.668. The van der Waals surface area contributed by atoms with Crippen molar-refractivity contribution in [1.82, 2.24) is 0 Å². The van der Waals surface area contributed by atoms with Gasteiger partial charge in [-0.05, 0) is 58.4 Å². The fraction of sp³-hybridized carbons (Fsp3) is 0. The Morgan fingerprint density at radius 1 is 0.586 bits per heavy atom. The third-order valence-corrected chi connectivity index (χ3v) is 5.77. The van der Waals surface area contributed by atoms with Crippen molar-refractivity contribution in [2.75, 3.05) is 11.5 Å². The van der Waals surface area contributed by atoms with E-state index in [-0.39, 0.29) is 0 Å². The summed E-state index contributed by atoms with van der Waals surface area (Å²) in [6.07, 6.45) is 0. The van der Waals surface area contributed by atoms with Gasteiger partial charge in [-0.3, -0.25) is 0 Å².